The van der Waals surface area contributed by atoms with E-state index in [0.717, 1.165) is 6.07 Å². The molecular weight excluding hydrogens is 473 g/mol. The number of halogens is 4. The highest BCUT2D eigenvalue weighted by Crippen LogP contribution is 2.40. The summed E-state index contributed by atoms with van der Waals surface area (Å²) in [6.07, 6.45) is -3.52. The van der Waals surface area contributed by atoms with Crippen molar-refractivity contribution in [1.82, 2.24) is 14.8 Å². The van der Waals surface area contributed by atoms with Crippen LogP contribution in [0.3, 0.4) is 0 Å². The van der Waals surface area contributed by atoms with Crippen LogP contribution >= 0.6 is 11.6 Å². The van der Waals surface area contributed by atoms with Crippen molar-refractivity contribution < 1.29 is 27.5 Å². The lowest BCUT2D eigenvalue weighted by atomic mass is 10.1. The van der Waals surface area contributed by atoms with Crippen LogP contribution in [-0.2, 0) is 6.18 Å². The summed E-state index contributed by atoms with van der Waals surface area (Å²) in [5.41, 5.74) is 0.0506. The average molecular weight is 487 g/mol. The maximum Gasteiger partial charge on any atom is 0.417 e. The highest BCUT2D eigenvalue weighted by atomic mass is 35.5. The number of benzene rings is 2. The smallest absolute Gasteiger partial charge is 0.417 e. The molecule has 0 aliphatic carbocycles. The van der Waals surface area contributed by atoms with Gasteiger partial charge in [-0.2, -0.15) is 18.3 Å². The van der Waals surface area contributed by atoms with Gasteiger partial charge in [-0.3, -0.25) is 9.59 Å². The topological polar surface area (TPSA) is 77.3 Å². The summed E-state index contributed by atoms with van der Waals surface area (Å²) in [5, 5.41) is 4.29. The summed E-state index contributed by atoms with van der Waals surface area (Å²) in [6.45, 7) is 1.66. The fourth-order valence-corrected chi connectivity index (χ4v) is 4.19. The molecule has 1 aliphatic rings. The van der Waals surface area contributed by atoms with E-state index < -0.39 is 28.6 Å². The highest BCUT2D eigenvalue weighted by molar-refractivity contribution is 6.37. The molecule has 0 spiro atoms. The van der Waals surface area contributed by atoms with Crippen LogP contribution in [-0.4, -0.2) is 33.7 Å². The predicted molar refractivity (Wildman–Crippen MR) is 118 cm³/mol. The van der Waals surface area contributed by atoms with E-state index in [1.807, 2.05) is 0 Å². The molecule has 2 aromatic heterocycles. The fourth-order valence-electron chi connectivity index (χ4n) is 3.97. The molecule has 2 amide bonds. The Morgan fingerprint density at radius 3 is 2.32 bits per heavy atom. The van der Waals surface area contributed by atoms with Crippen molar-refractivity contribution in [3.8, 4) is 11.4 Å². The SMILES string of the molecule is COc1ccc(-n2nc(C)c3c4c(cnc32)C(=O)N(c2ccc(Cl)c(C(F)(F)F)c2)C4=O)cc1. The van der Waals surface area contributed by atoms with Gasteiger partial charge in [0.2, 0.25) is 0 Å². The maximum atomic E-state index is 13.4. The fraction of sp³-hybridized carbons (Fsp3) is 0.130. The molecule has 5 rings (SSSR count). The van der Waals surface area contributed by atoms with Crippen LogP contribution in [0.4, 0.5) is 18.9 Å². The van der Waals surface area contributed by atoms with E-state index in [2.05, 4.69) is 10.1 Å². The van der Waals surface area contributed by atoms with Crippen molar-refractivity contribution in [1.29, 1.82) is 0 Å². The lowest BCUT2D eigenvalue weighted by Gasteiger charge is -2.17. The minimum absolute atomic E-state index is 0.0154. The number of carbonyl (C=O) groups excluding carboxylic acids is 2. The quantitative estimate of drug-likeness (QED) is 0.371. The Morgan fingerprint density at radius 1 is 1.00 bits per heavy atom. The molecule has 4 aromatic rings. The number of rotatable bonds is 3. The number of methoxy groups -OCH3 is 1. The lowest BCUT2D eigenvalue weighted by Crippen LogP contribution is -2.29. The van der Waals surface area contributed by atoms with E-state index in [-0.39, 0.29) is 16.8 Å². The number of carbonyl (C=O) groups is 2. The second-order valence-electron chi connectivity index (χ2n) is 7.55. The molecule has 0 atom stereocenters. The molecule has 0 bridgehead atoms. The summed E-state index contributed by atoms with van der Waals surface area (Å²) in [4.78, 5) is 31.5. The molecule has 2 aromatic carbocycles. The van der Waals surface area contributed by atoms with Gasteiger partial charge < -0.3 is 4.74 Å². The second kappa shape index (κ2) is 7.56. The number of hydrogen-bond acceptors (Lipinski definition) is 5. The minimum atomic E-state index is -4.75. The largest absolute Gasteiger partial charge is 0.497 e. The first-order valence-electron chi connectivity index (χ1n) is 9.90. The van der Waals surface area contributed by atoms with Crippen LogP contribution < -0.4 is 9.64 Å². The third-order valence-corrected chi connectivity index (χ3v) is 5.88. The molecule has 0 radical (unpaired) electrons. The van der Waals surface area contributed by atoms with Gasteiger partial charge in [0.15, 0.2) is 5.65 Å². The summed E-state index contributed by atoms with van der Waals surface area (Å²) < 4.78 is 46.7. The van der Waals surface area contributed by atoms with Crippen molar-refractivity contribution in [2.24, 2.45) is 0 Å². The third kappa shape index (κ3) is 3.21. The van der Waals surface area contributed by atoms with Gasteiger partial charge in [0.25, 0.3) is 11.8 Å². The number of pyridine rings is 1. The van der Waals surface area contributed by atoms with Gasteiger partial charge in [-0.25, -0.2) is 14.6 Å². The first kappa shape index (κ1) is 21.9. The Hall–Kier alpha value is -3.92. The first-order chi connectivity index (χ1) is 16.1. The minimum Gasteiger partial charge on any atom is -0.497 e. The molecule has 0 unspecified atom stereocenters. The number of alkyl halides is 3. The third-order valence-electron chi connectivity index (χ3n) is 5.55. The molecule has 0 saturated heterocycles. The summed E-state index contributed by atoms with van der Waals surface area (Å²) in [7, 11) is 1.54. The standard InChI is InChI=1S/C23H14ClF3N4O3/c1-11-18-19-15(10-28-20(18)31(29-11)12-3-6-14(34-2)7-4-12)21(32)30(22(19)33)13-5-8-17(24)16(9-13)23(25,26)27/h3-10H,1-2H3. The van der Waals surface area contributed by atoms with Gasteiger partial charge >= 0.3 is 6.18 Å². The summed E-state index contributed by atoms with van der Waals surface area (Å²) in [5.74, 6) is -0.898. The Balaban J connectivity index is 1.65. The Kier molecular flexibility index (Phi) is 4.87. The van der Waals surface area contributed by atoms with Crippen molar-refractivity contribution in [2.45, 2.75) is 13.1 Å². The highest BCUT2D eigenvalue weighted by Gasteiger charge is 2.41. The number of aryl methyl sites for hydroxylation is 1. The van der Waals surface area contributed by atoms with Crippen molar-refractivity contribution in [3.05, 3.63) is 76.1 Å². The van der Waals surface area contributed by atoms with Crippen LogP contribution in [0.5, 0.6) is 5.75 Å². The molecule has 172 valence electrons. The van der Waals surface area contributed by atoms with E-state index in [0.29, 0.717) is 39.1 Å². The molecule has 0 N–H and O–H groups in total. The number of nitrogens with zero attached hydrogens (tertiary/aromatic N) is 4. The molecule has 0 fully saturated rings. The zero-order valence-electron chi connectivity index (χ0n) is 17.6. The molecule has 0 saturated carbocycles. The number of anilines is 1. The van der Waals surface area contributed by atoms with E-state index in [9.17, 15) is 22.8 Å². The van der Waals surface area contributed by atoms with E-state index >= 15 is 0 Å². The van der Waals surface area contributed by atoms with Crippen molar-refractivity contribution in [3.63, 3.8) is 0 Å². The van der Waals surface area contributed by atoms with Crippen molar-refractivity contribution >= 4 is 40.1 Å². The Labute approximate surface area is 195 Å². The molecule has 3 heterocycles. The molecule has 11 heteroatoms. The molecule has 7 nitrogen and oxygen atoms in total. The van der Waals surface area contributed by atoms with Gasteiger partial charge in [0.1, 0.15) is 5.75 Å². The Morgan fingerprint density at radius 2 is 1.68 bits per heavy atom. The average Bonchev–Trinajstić information content (AvgIpc) is 3.27. The molecule has 1 aliphatic heterocycles. The summed E-state index contributed by atoms with van der Waals surface area (Å²) in [6, 6.07) is 9.86. The van der Waals surface area contributed by atoms with Gasteiger partial charge in [-0.15, -0.1) is 0 Å². The molecular formula is C23H14ClF3N4O3. The summed E-state index contributed by atoms with van der Waals surface area (Å²) >= 11 is 5.69. The predicted octanol–water partition coefficient (Wildman–Crippen LogP) is 5.21. The van der Waals surface area contributed by atoms with Crippen LogP contribution in [0.2, 0.25) is 5.02 Å². The van der Waals surface area contributed by atoms with Gasteiger partial charge in [-0.1, -0.05) is 11.6 Å². The molecule has 34 heavy (non-hydrogen) atoms. The first-order valence-corrected chi connectivity index (χ1v) is 10.3. The zero-order chi connectivity index (χ0) is 24.4. The van der Waals surface area contributed by atoms with Crippen LogP contribution in [0.15, 0.2) is 48.7 Å². The zero-order valence-corrected chi connectivity index (χ0v) is 18.4. The van der Waals surface area contributed by atoms with E-state index in [1.54, 1.807) is 38.3 Å². The van der Waals surface area contributed by atoms with Gasteiger partial charge in [0.05, 0.1) is 51.3 Å². The number of hydrogen-bond donors (Lipinski definition) is 0. The monoisotopic (exact) mass is 486 g/mol. The van der Waals surface area contributed by atoms with Gasteiger partial charge in [-0.05, 0) is 49.4 Å². The number of ether oxygens (including phenoxy) is 1. The van der Waals surface area contributed by atoms with Gasteiger partial charge in [0, 0.05) is 6.20 Å². The normalized spacial score (nSPS) is 13.6. The van der Waals surface area contributed by atoms with Crippen molar-refractivity contribution in [2.75, 3.05) is 12.0 Å². The Bertz CT molecular complexity index is 1500. The van der Waals surface area contributed by atoms with Crippen LogP contribution in [0.1, 0.15) is 32.0 Å². The number of fused-ring (bicyclic) bond motifs is 3. The second-order valence-corrected chi connectivity index (χ2v) is 7.96. The van der Waals surface area contributed by atoms with Crippen LogP contribution in [0.25, 0.3) is 16.7 Å². The number of amides is 2. The van der Waals surface area contributed by atoms with E-state index in [4.69, 9.17) is 16.3 Å². The number of imide groups is 1. The maximum absolute atomic E-state index is 13.4. The lowest BCUT2D eigenvalue weighted by molar-refractivity contribution is -0.137. The number of aromatic nitrogens is 3. The van der Waals surface area contributed by atoms with Crippen LogP contribution in [0, 0.1) is 6.92 Å². The van der Waals surface area contributed by atoms with E-state index in [1.165, 1.54) is 16.9 Å².